The Hall–Kier alpha value is -4.94. The molecule has 0 aliphatic carbocycles. The van der Waals surface area contributed by atoms with Gasteiger partial charge < -0.3 is 24.5 Å². The molecule has 2 N–H and O–H groups in total. The predicted molar refractivity (Wildman–Crippen MR) is 183 cm³/mol. The summed E-state index contributed by atoms with van der Waals surface area (Å²) in [5, 5.41) is 21.5. The molecule has 4 aromatic carbocycles. The molecule has 242 valence electrons. The molecular formula is C37H34N6O4S. The van der Waals surface area contributed by atoms with Crippen LogP contribution in [0, 0.1) is 0 Å². The van der Waals surface area contributed by atoms with E-state index in [-0.39, 0.29) is 30.4 Å². The van der Waals surface area contributed by atoms with Crippen molar-refractivity contribution in [3.63, 3.8) is 0 Å². The molecule has 1 fully saturated rings. The first-order chi connectivity index (χ1) is 23.5. The molecule has 6 aromatic rings. The molecule has 2 aromatic heterocycles. The molecule has 3 atom stereocenters. The van der Waals surface area contributed by atoms with E-state index in [1.54, 1.807) is 18.1 Å². The first kappa shape index (κ1) is 31.6. The number of carbonyl (C=O) groups excluding carboxylic acids is 1. The zero-order chi connectivity index (χ0) is 32.9. The molecule has 1 aliphatic rings. The second-order valence-corrected chi connectivity index (χ2v) is 12.6. The maximum absolute atomic E-state index is 12.9. The van der Waals surface area contributed by atoms with E-state index in [9.17, 15) is 9.90 Å². The molecule has 7 rings (SSSR count). The Morgan fingerprint density at radius 3 is 2.50 bits per heavy atom. The minimum atomic E-state index is -0.586. The van der Waals surface area contributed by atoms with Crippen LogP contribution in [0.2, 0.25) is 0 Å². The number of hydrogen-bond donors (Lipinski definition) is 2. The van der Waals surface area contributed by atoms with Gasteiger partial charge in [0, 0.05) is 31.3 Å². The van der Waals surface area contributed by atoms with Gasteiger partial charge in [-0.25, -0.2) is 4.98 Å². The van der Waals surface area contributed by atoms with Crippen molar-refractivity contribution in [2.75, 3.05) is 5.75 Å². The van der Waals surface area contributed by atoms with Crippen LogP contribution in [0.3, 0.4) is 0 Å². The van der Waals surface area contributed by atoms with Crippen LogP contribution < -0.4 is 5.32 Å². The van der Waals surface area contributed by atoms with Crippen LogP contribution in [-0.2, 0) is 29.7 Å². The Balaban J connectivity index is 1.07. The summed E-state index contributed by atoms with van der Waals surface area (Å²) in [7, 11) is 1.93. The van der Waals surface area contributed by atoms with Crippen LogP contribution in [-0.4, -0.2) is 47.6 Å². The van der Waals surface area contributed by atoms with Crippen LogP contribution in [0.25, 0.3) is 22.2 Å². The van der Waals surface area contributed by atoms with E-state index in [1.807, 2.05) is 90.5 Å². The number of carbonyl (C=O) groups is 1. The summed E-state index contributed by atoms with van der Waals surface area (Å²) < 4.78 is 15.0. The number of amides is 1. The number of hydrogen-bond acceptors (Lipinski definition) is 9. The molecule has 0 radical (unpaired) electrons. The third-order valence-electron chi connectivity index (χ3n) is 8.24. The molecule has 0 bridgehead atoms. The molecule has 11 heteroatoms. The van der Waals surface area contributed by atoms with Gasteiger partial charge >= 0.3 is 0 Å². The normalized spacial score (nSPS) is 17.8. The van der Waals surface area contributed by atoms with Crippen LogP contribution >= 0.6 is 11.8 Å². The van der Waals surface area contributed by atoms with Crippen LogP contribution in [0.4, 0.5) is 0 Å². The van der Waals surface area contributed by atoms with Crippen LogP contribution in [0.15, 0.2) is 115 Å². The average Bonchev–Trinajstić information content (AvgIpc) is 3.57. The number of nitrogens with zero attached hydrogens (tertiary/aromatic N) is 5. The van der Waals surface area contributed by atoms with Gasteiger partial charge in [0.15, 0.2) is 11.4 Å². The fraction of sp³-hybridized carbons (Fsp3) is 0.216. The second-order valence-electron chi connectivity index (χ2n) is 11.6. The summed E-state index contributed by atoms with van der Waals surface area (Å²) in [4.78, 5) is 21.7. The average molecular weight is 659 g/mol. The van der Waals surface area contributed by atoms with Gasteiger partial charge in [0.05, 0.1) is 36.0 Å². The van der Waals surface area contributed by atoms with Gasteiger partial charge in [0.1, 0.15) is 12.0 Å². The Morgan fingerprint density at radius 1 is 0.917 bits per heavy atom. The van der Waals surface area contributed by atoms with Crippen molar-refractivity contribution >= 4 is 28.7 Å². The molecule has 0 saturated carbocycles. The number of para-hydroxylation sites is 2. The number of fused-ring (bicyclic) bond motifs is 1. The summed E-state index contributed by atoms with van der Waals surface area (Å²) >= 11 is 1.61. The monoisotopic (exact) mass is 658 g/mol. The van der Waals surface area contributed by atoms with Gasteiger partial charge in [-0.1, -0.05) is 84.6 Å². The number of thioether (sulfide) groups is 1. The second kappa shape index (κ2) is 14.4. The Bertz CT molecular complexity index is 2030. The zero-order valence-corrected chi connectivity index (χ0v) is 27.1. The summed E-state index contributed by atoms with van der Waals surface area (Å²) in [6, 6.07) is 31.6. The van der Waals surface area contributed by atoms with E-state index in [0.717, 1.165) is 44.1 Å². The first-order valence-corrected chi connectivity index (χ1v) is 16.7. The number of aromatic nitrogens is 5. The van der Waals surface area contributed by atoms with E-state index in [4.69, 9.17) is 9.47 Å². The van der Waals surface area contributed by atoms with Gasteiger partial charge in [-0.15, -0.1) is 10.2 Å². The summed E-state index contributed by atoms with van der Waals surface area (Å²) in [5.74, 6) is 0.412. The number of benzene rings is 4. The highest BCUT2D eigenvalue weighted by atomic mass is 32.2. The van der Waals surface area contributed by atoms with Crippen LogP contribution in [0.5, 0.6) is 0 Å². The number of nitrogens with one attached hydrogen (secondary N) is 1. The van der Waals surface area contributed by atoms with E-state index in [1.165, 1.54) is 6.20 Å². The Kier molecular flexibility index (Phi) is 9.53. The Morgan fingerprint density at radius 2 is 1.71 bits per heavy atom. The van der Waals surface area contributed by atoms with Crippen molar-refractivity contribution in [1.29, 1.82) is 0 Å². The maximum atomic E-state index is 12.9. The van der Waals surface area contributed by atoms with E-state index < -0.39 is 6.29 Å². The largest absolute Gasteiger partial charge is 0.392 e. The Labute approximate surface area is 282 Å². The van der Waals surface area contributed by atoms with Crippen molar-refractivity contribution in [1.82, 2.24) is 30.0 Å². The topological polar surface area (TPSA) is 124 Å². The number of rotatable bonds is 10. The van der Waals surface area contributed by atoms with Crippen molar-refractivity contribution in [2.24, 2.45) is 7.05 Å². The number of aliphatic hydroxyl groups is 1. The maximum Gasteiger partial charge on any atom is 0.271 e. The van der Waals surface area contributed by atoms with E-state index >= 15 is 0 Å². The molecule has 1 amide bonds. The molecule has 1 aliphatic heterocycles. The fourth-order valence-corrected chi connectivity index (χ4v) is 6.56. The van der Waals surface area contributed by atoms with Crippen molar-refractivity contribution < 1.29 is 19.4 Å². The SMILES string of the molecule is Cn1cnnc1SC[C@@H]1C[C@H](c2ccc(CO)cc2)O[C@H](c2cccc(-c3cccc(CNC(=O)c4cnc5ccccc5n4)c3)c2)O1. The third kappa shape index (κ3) is 7.29. The lowest BCUT2D eigenvalue weighted by molar-refractivity contribution is -0.245. The molecule has 48 heavy (non-hydrogen) atoms. The van der Waals surface area contributed by atoms with Gasteiger partial charge in [0.25, 0.3) is 5.91 Å². The van der Waals surface area contributed by atoms with E-state index in [2.05, 4.69) is 43.7 Å². The van der Waals surface area contributed by atoms with Gasteiger partial charge in [-0.2, -0.15) is 0 Å². The molecule has 1 saturated heterocycles. The fourth-order valence-electron chi connectivity index (χ4n) is 5.66. The first-order valence-electron chi connectivity index (χ1n) is 15.7. The van der Waals surface area contributed by atoms with E-state index in [0.29, 0.717) is 24.2 Å². The lowest BCUT2D eigenvalue weighted by Crippen LogP contribution is -2.31. The lowest BCUT2D eigenvalue weighted by Gasteiger charge is -2.36. The molecule has 0 unspecified atom stereocenters. The van der Waals surface area contributed by atoms with Crippen molar-refractivity contribution in [2.45, 2.75) is 43.2 Å². The molecular weight excluding hydrogens is 625 g/mol. The molecule has 3 heterocycles. The van der Waals surface area contributed by atoms with Gasteiger partial charge in [-0.05, 0) is 52.1 Å². The van der Waals surface area contributed by atoms with Crippen molar-refractivity contribution in [3.05, 3.63) is 138 Å². The highest BCUT2D eigenvalue weighted by molar-refractivity contribution is 7.99. The minimum absolute atomic E-state index is 0.00595. The number of aliphatic hydroxyl groups excluding tert-OH is 1. The molecule has 10 nitrogen and oxygen atoms in total. The summed E-state index contributed by atoms with van der Waals surface area (Å²) in [6.45, 7) is 0.339. The quantitative estimate of drug-likeness (QED) is 0.166. The smallest absolute Gasteiger partial charge is 0.271 e. The summed E-state index contributed by atoms with van der Waals surface area (Å²) in [6.07, 6.45) is 2.99. The molecule has 0 spiro atoms. The van der Waals surface area contributed by atoms with Crippen LogP contribution in [0.1, 0.15) is 51.6 Å². The standard InChI is InChI=1S/C37H34N6O4S/c1-43-23-40-42-37(43)48-22-30-18-34(26-14-12-24(21-44)13-15-26)47-36(46-30)29-9-5-8-28(17-29)27-7-4-6-25(16-27)19-39-35(45)33-20-38-31-10-2-3-11-32(31)41-33/h2-17,20,23,30,34,36,44H,18-19,21-22H2,1H3,(H,39,45)/t30-,34+,36+/m0/s1. The van der Waals surface area contributed by atoms with Gasteiger partial charge in [0.2, 0.25) is 0 Å². The van der Waals surface area contributed by atoms with Crippen molar-refractivity contribution in [3.8, 4) is 11.1 Å². The highest BCUT2D eigenvalue weighted by Gasteiger charge is 2.32. The van der Waals surface area contributed by atoms with Gasteiger partial charge in [-0.3, -0.25) is 9.78 Å². The zero-order valence-electron chi connectivity index (χ0n) is 26.3. The highest BCUT2D eigenvalue weighted by Crippen LogP contribution is 2.40. The lowest BCUT2D eigenvalue weighted by atomic mass is 9.99. The minimum Gasteiger partial charge on any atom is -0.392 e. The predicted octanol–water partition coefficient (Wildman–Crippen LogP) is 6.19. The summed E-state index contributed by atoms with van der Waals surface area (Å²) in [5.41, 5.74) is 7.48. The number of aryl methyl sites for hydroxylation is 1. The number of ether oxygens (including phenoxy) is 2. The third-order valence-corrected chi connectivity index (χ3v) is 9.40.